The van der Waals surface area contributed by atoms with Gasteiger partial charge in [-0.3, -0.25) is 0 Å². The molecule has 0 unspecified atom stereocenters. The Morgan fingerprint density at radius 3 is 2.65 bits per heavy atom. The number of hydrogen-bond donors (Lipinski definition) is 2. The van der Waals surface area contributed by atoms with E-state index in [2.05, 4.69) is 10.6 Å². The van der Waals surface area contributed by atoms with E-state index >= 15 is 0 Å². The quantitative estimate of drug-likeness (QED) is 0.856. The van der Waals surface area contributed by atoms with Crippen molar-refractivity contribution in [3.05, 3.63) is 52.2 Å². The Morgan fingerprint density at radius 2 is 2.00 bits per heavy atom. The SMILES string of the molecule is Cc1ccc(NC(=O)NCc2ccsc2)cc1. The maximum absolute atomic E-state index is 11.6. The van der Waals surface area contributed by atoms with Crippen LogP contribution in [0.25, 0.3) is 0 Å². The molecule has 0 saturated carbocycles. The number of thiophene rings is 1. The summed E-state index contributed by atoms with van der Waals surface area (Å²) in [7, 11) is 0. The smallest absolute Gasteiger partial charge is 0.319 e. The van der Waals surface area contributed by atoms with Crippen LogP contribution in [-0.4, -0.2) is 6.03 Å². The topological polar surface area (TPSA) is 41.1 Å². The molecule has 88 valence electrons. The molecule has 0 aliphatic rings. The maximum Gasteiger partial charge on any atom is 0.319 e. The Morgan fingerprint density at radius 1 is 1.24 bits per heavy atom. The van der Waals surface area contributed by atoms with Gasteiger partial charge in [-0.05, 0) is 41.4 Å². The summed E-state index contributed by atoms with van der Waals surface area (Å²) < 4.78 is 0. The number of amides is 2. The van der Waals surface area contributed by atoms with Crippen molar-refractivity contribution < 1.29 is 4.79 Å². The number of rotatable bonds is 3. The average molecular weight is 246 g/mol. The van der Waals surface area contributed by atoms with Gasteiger partial charge in [0.1, 0.15) is 0 Å². The number of urea groups is 1. The molecule has 0 saturated heterocycles. The zero-order chi connectivity index (χ0) is 12.1. The fourth-order valence-corrected chi connectivity index (χ4v) is 2.06. The van der Waals surface area contributed by atoms with Crippen LogP contribution in [0.3, 0.4) is 0 Å². The van der Waals surface area contributed by atoms with Gasteiger partial charge in [0.05, 0.1) is 0 Å². The van der Waals surface area contributed by atoms with Crippen LogP contribution in [0.2, 0.25) is 0 Å². The highest BCUT2D eigenvalue weighted by Gasteiger charge is 2.01. The summed E-state index contributed by atoms with van der Waals surface area (Å²) in [5, 5.41) is 9.60. The van der Waals surface area contributed by atoms with Gasteiger partial charge >= 0.3 is 6.03 Å². The van der Waals surface area contributed by atoms with Crippen molar-refractivity contribution in [3.63, 3.8) is 0 Å². The molecule has 0 bridgehead atoms. The standard InChI is InChI=1S/C13H14N2OS/c1-10-2-4-12(5-3-10)15-13(16)14-8-11-6-7-17-9-11/h2-7,9H,8H2,1H3,(H2,14,15,16). The molecule has 0 atom stereocenters. The minimum atomic E-state index is -0.181. The molecular formula is C13H14N2OS. The monoisotopic (exact) mass is 246 g/mol. The molecule has 17 heavy (non-hydrogen) atoms. The predicted octanol–water partition coefficient (Wildman–Crippen LogP) is 3.38. The van der Waals surface area contributed by atoms with Gasteiger partial charge in [-0.15, -0.1) is 0 Å². The fraction of sp³-hybridized carbons (Fsp3) is 0.154. The molecule has 0 aliphatic carbocycles. The summed E-state index contributed by atoms with van der Waals surface area (Å²) in [5.41, 5.74) is 3.10. The fourth-order valence-electron chi connectivity index (χ4n) is 1.39. The molecule has 2 N–H and O–H groups in total. The van der Waals surface area contributed by atoms with Crippen LogP contribution < -0.4 is 10.6 Å². The molecular weight excluding hydrogens is 232 g/mol. The second-order valence-electron chi connectivity index (χ2n) is 3.81. The number of hydrogen-bond acceptors (Lipinski definition) is 2. The number of carbonyl (C=O) groups excluding carboxylic acids is 1. The van der Waals surface area contributed by atoms with Gasteiger partial charge in [0, 0.05) is 12.2 Å². The van der Waals surface area contributed by atoms with Gasteiger partial charge in [0.2, 0.25) is 0 Å². The minimum Gasteiger partial charge on any atom is -0.334 e. The Bertz CT molecular complexity index is 477. The summed E-state index contributed by atoms with van der Waals surface area (Å²) in [6.07, 6.45) is 0. The van der Waals surface area contributed by atoms with Crippen LogP contribution in [0.15, 0.2) is 41.1 Å². The van der Waals surface area contributed by atoms with Crippen molar-refractivity contribution >= 4 is 23.1 Å². The lowest BCUT2D eigenvalue weighted by molar-refractivity contribution is 0.252. The van der Waals surface area contributed by atoms with Crippen LogP contribution in [-0.2, 0) is 6.54 Å². The summed E-state index contributed by atoms with van der Waals surface area (Å²) in [4.78, 5) is 11.6. The lowest BCUT2D eigenvalue weighted by Crippen LogP contribution is -2.27. The third kappa shape index (κ3) is 3.60. The molecule has 1 heterocycles. The Kier molecular flexibility index (Phi) is 3.77. The van der Waals surface area contributed by atoms with Crippen molar-refractivity contribution in [3.8, 4) is 0 Å². The molecule has 4 heteroatoms. The molecule has 0 spiro atoms. The molecule has 2 aromatic rings. The summed E-state index contributed by atoms with van der Waals surface area (Å²) in [6, 6.07) is 9.53. The van der Waals surface area contributed by atoms with E-state index in [1.54, 1.807) is 11.3 Å². The highest BCUT2D eigenvalue weighted by molar-refractivity contribution is 7.07. The van der Waals surface area contributed by atoms with E-state index in [0.29, 0.717) is 6.54 Å². The van der Waals surface area contributed by atoms with Crippen molar-refractivity contribution in [1.82, 2.24) is 5.32 Å². The first-order chi connectivity index (χ1) is 8.24. The number of benzene rings is 1. The summed E-state index contributed by atoms with van der Waals surface area (Å²) in [6.45, 7) is 2.57. The molecule has 0 radical (unpaired) electrons. The minimum absolute atomic E-state index is 0.181. The Hall–Kier alpha value is -1.81. The first-order valence-corrected chi connectivity index (χ1v) is 6.31. The highest BCUT2D eigenvalue weighted by Crippen LogP contribution is 2.08. The van der Waals surface area contributed by atoms with Gasteiger partial charge in [-0.25, -0.2) is 4.79 Å². The van der Waals surface area contributed by atoms with E-state index in [-0.39, 0.29) is 6.03 Å². The van der Waals surface area contributed by atoms with Crippen molar-refractivity contribution in [2.24, 2.45) is 0 Å². The van der Waals surface area contributed by atoms with Gasteiger partial charge < -0.3 is 10.6 Å². The number of aryl methyl sites for hydroxylation is 1. The van der Waals surface area contributed by atoms with Crippen molar-refractivity contribution in [2.45, 2.75) is 13.5 Å². The average Bonchev–Trinajstić information content (AvgIpc) is 2.83. The van der Waals surface area contributed by atoms with Gasteiger partial charge in [0.15, 0.2) is 0 Å². The number of carbonyl (C=O) groups is 1. The first-order valence-electron chi connectivity index (χ1n) is 5.36. The third-order valence-corrected chi connectivity index (χ3v) is 3.07. The van der Waals surface area contributed by atoms with Crippen LogP contribution >= 0.6 is 11.3 Å². The molecule has 0 fully saturated rings. The Labute approximate surface area is 104 Å². The zero-order valence-corrected chi connectivity index (χ0v) is 10.4. The van der Waals surface area contributed by atoms with Crippen LogP contribution in [0.5, 0.6) is 0 Å². The van der Waals surface area contributed by atoms with Crippen LogP contribution in [0.4, 0.5) is 10.5 Å². The van der Waals surface area contributed by atoms with Crippen LogP contribution in [0, 0.1) is 6.92 Å². The lowest BCUT2D eigenvalue weighted by Gasteiger charge is -2.06. The Balaban J connectivity index is 1.83. The van der Waals surface area contributed by atoms with Gasteiger partial charge in [0.25, 0.3) is 0 Å². The molecule has 2 rings (SSSR count). The van der Waals surface area contributed by atoms with E-state index in [0.717, 1.165) is 11.3 Å². The van der Waals surface area contributed by atoms with E-state index in [1.165, 1.54) is 5.56 Å². The molecule has 1 aromatic carbocycles. The van der Waals surface area contributed by atoms with E-state index < -0.39 is 0 Å². The molecule has 1 aromatic heterocycles. The maximum atomic E-state index is 11.6. The largest absolute Gasteiger partial charge is 0.334 e. The second kappa shape index (κ2) is 5.50. The van der Waals surface area contributed by atoms with E-state index in [4.69, 9.17) is 0 Å². The number of anilines is 1. The predicted molar refractivity (Wildman–Crippen MR) is 71.4 cm³/mol. The molecule has 0 aliphatic heterocycles. The third-order valence-electron chi connectivity index (χ3n) is 2.34. The number of nitrogens with one attached hydrogen (secondary N) is 2. The lowest BCUT2D eigenvalue weighted by atomic mass is 10.2. The second-order valence-corrected chi connectivity index (χ2v) is 4.59. The normalized spacial score (nSPS) is 9.94. The summed E-state index contributed by atoms with van der Waals surface area (Å²) >= 11 is 1.63. The van der Waals surface area contributed by atoms with Gasteiger partial charge in [-0.2, -0.15) is 11.3 Å². The van der Waals surface area contributed by atoms with E-state index in [9.17, 15) is 4.79 Å². The summed E-state index contributed by atoms with van der Waals surface area (Å²) in [5.74, 6) is 0. The van der Waals surface area contributed by atoms with Crippen molar-refractivity contribution in [2.75, 3.05) is 5.32 Å². The van der Waals surface area contributed by atoms with Crippen molar-refractivity contribution in [1.29, 1.82) is 0 Å². The van der Waals surface area contributed by atoms with E-state index in [1.807, 2.05) is 48.0 Å². The molecule has 3 nitrogen and oxygen atoms in total. The zero-order valence-electron chi connectivity index (χ0n) is 9.57. The first kappa shape index (κ1) is 11.7. The molecule has 2 amide bonds. The van der Waals surface area contributed by atoms with Crippen LogP contribution in [0.1, 0.15) is 11.1 Å². The highest BCUT2D eigenvalue weighted by atomic mass is 32.1. The van der Waals surface area contributed by atoms with Gasteiger partial charge in [-0.1, -0.05) is 17.7 Å².